The molecule has 5 rings (SSSR count). The molecule has 0 aliphatic carbocycles. The van der Waals surface area contributed by atoms with E-state index in [9.17, 15) is 22.4 Å². The number of aryl methyl sites for hydroxylation is 1. The number of halogens is 4. The van der Waals surface area contributed by atoms with Gasteiger partial charge in [0.25, 0.3) is 5.91 Å². The van der Waals surface area contributed by atoms with Crippen LogP contribution in [-0.4, -0.2) is 56.7 Å². The first-order valence-corrected chi connectivity index (χ1v) is 13.8. The zero-order valence-corrected chi connectivity index (χ0v) is 23.2. The van der Waals surface area contributed by atoms with Crippen molar-refractivity contribution < 1.29 is 22.4 Å². The Hall–Kier alpha value is -4.02. The van der Waals surface area contributed by atoms with Crippen molar-refractivity contribution in [3.8, 4) is 5.69 Å². The molecule has 11 heteroatoms. The number of benzene rings is 2. The molecule has 41 heavy (non-hydrogen) atoms. The van der Waals surface area contributed by atoms with Crippen molar-refractivity contribution in [2.45, 2.75) is 52.1 Å². The maximum absolute atomic E-state index is 13.6. The van der Waals surface area contributed by atoms with Gasteiger partial charge in [-0.05, 0) is 68.3 Å². The summed E-state index contributed by atoms with van der Waals surface area (Å²) in [6.45, 7) is 8.07. The summed E-state index contributed by atoms with van der Waals surface area (Å²) in [6, 6.07) is 10.4. The van der Waals surface area contributed by atoms with Crippen LogP contribution in [-0.2, 0) is 6.18 Å². The molecule has 2 aromatic heterocycles. The van der Waals surface area contributed by atoms with Gasteiger partial charge in [0, 0.05) is 37.7 Å². The molecular formula is C30H32F4N6O. The van der Waals surface area contributed by atoms with Gasteiger partial charge >= 0.3 is 6.18 Å². The van der Waals surface area contributed by atoms with E-state index in [0.29, 0.717) is 49.8 Å². The van der Waals surface area contributed by atoms with Crippen molar-refractivity contribution in [1.82, 2.24) is 24.6 Å². The highest BCUT2D eigenvalue weighted by atomic mass is 19.4. The van der Waals surface area contributed by atoms with Gasteiger partial charge in [0.05, 0.1) is 22.3 Å². The largest absolute Gasteiger partial charge is 0.416 e. The Balaban J connectivity index is 1.47. The lowest BCUT2D eigenvalue weighted by Crippen LogP contribution is -2.35. The molecule has 216 valence electrons. The number of carbonyl (C=O) groups is 1. The highest BCUT2D eigenvalue weighted by molar-refractivity contribution is 5.94. The molecule has 0 spiro atoms. The van der Waals surface area contributed by atoms with E-state index >= 15 is 0 Å². The minimum Gasteiger partial charge on any atom is -0.354 e. The molecule has 1 atom stereocenters. The Kier molecular flexibility index (Phi) is 7.97. The van der Waals surface area contributed by atoms with E-state index in [0.717, 1.165) is 41.9 Å². The Morgan fingerprint density at radius 3 is 2.34 bits per heavy atom. The molecule has 1 amide bonds. The maximum atomic E-state index is 13.6. The third-order valence-electron chi connectivity index (χ3n) is 7.48. The third kappa shape index (κ3) is 5.89. The smallest absolute Gasteiger partial charge is 0.354 e. The second kappa shape index (κ2) is 11.5. The first-order chi connectivity index (χ1) is 19.6. The first-order valence-electron chi connectivity index (χ1n) is 13.8. The van der Waals surface area contributed by atoms with Gasteiger partial charge in [-0.15, -0.1) is 0 Å². The lowest BCUT2D eigenvalue weighted by Gasteiger charge is -2.24. The normalized spacial score (nSPS) is 15.3. The average molecular weight is 569 g/mol. The number of hydrogen-bond acceptors (Lipinski definition) is 5. The fourth-order valence-electron chi connectivity index (χ4n) is 5.27. The topological polar surface area (TPSA) is 67.2 Å². The van der Waals surface area contributed by atoms with E-state index in [1.807, 2.05) is 6.92 Å². The SMILES string of the molecule is CCCC(C)c1nc(N2CCCN(C(=O)c3ccc(C(F)(F)F)cc3)CC2)c2c(C)nn(-c3ccc(F)cc3)c2n1. The highest BCUT2D eigenvalue weighted by Gasteiger charge is 2.31. The number of hydrogen-bond donors (Lipinski definition) is 0. The van der Waals surface area contributed by atoms with Crippen molar-refractivity contribution in [2.75, 3.05) is 31.1 Å². The quantitative estimate of drug-likeness (QED) is 0.247. The van der Waals surface area contributed by atoms with Crippen LogP contribution in [0.25, 0.3) is 16.7 Å². The van der Waals surface area contributed by atoms with Crippen LogP contribution in [0.5, 0.6) is 0 Å². The molecule has 0 N–H and O–H groups in total. The molecule has 0 radical (unpaired) electrons. The summed E-state index contributed by atoms with van der Waals surface area (Å²) in [7, 11) is 0. The number of nitrogens with zero attached hydrogens (tertiary/aromatic N) is 6. The molecule has 4 aromatic rings. The minimum absolute atomic E-state index is 0.102. The van der Waals surface area contributed by atoms with Crippen molar-refractivity contribution in [1.29, 1.82) is 0 Å². The van der Waals surface area contributed by atoms with E-state index in [2.05, 4.69) is 18.7 Å². The van der Waals surface area contributed by atoms with Crippen molar-refractivity contribution in [3.05, 3.63) is 77.0 Å². The number of alkyl halides is 3. The Morgan fingerprint density at radius 2 is 1.68 bits per heavy atom. The van der Waals surface area contributed by atoms with E-state index < -0.39 is 11.7 Å². The van der Waals surface area contributed by atoms with E-state index in [1.165, 1.54) is 24.3 Å². The molecule has 2 aromatic carbocycles. The van der Waals surface area contributed by atoms with Crippen LogP contribution >= 0.6 is 0 Å². The molecule has 1 aliphatic rings. The van der Waals surface area contributed by atoms with Crippen LogP contribution in [0.3, 0.4) is 0 Å². The average Bonchev–Trinajstić information content (AvgIpc) is 3.11. The Labute approximate surface area is 235 Å². The van der Waals surface area contributed by atoms with E-state index in [1.54, 1.807) is 21.7 Å². The monoisotopic (exact) mass is 568 g/mol. The Morgan fingerprint density at radius 1 is 0.976 bits per heavy atom. The molecule has 1 fully saturated rings. The van der Waals surface area contributed by atoms with Gasteiger partial charge in [-0.1, -0.05) is 20.3 Å². The van der Waals surface area contributed by atoms with Crippen LogP contribution in [0.1, 0.15) is 66.5 Å². The molecule has 1 saturated heterocycles. The number of fused-ring (bicyclic) bond motifs is 1. The van der Waals surface area contributed by atoms with Crippen molar-refractivity contribution in [3.63, 3.8) is 0 Å². The molecular weight excluding hydrogens is 536 g/mol. The number of rotatable bonds is 6. The summed E-state index contributed by atoms with van der Waals surface area (Å²) in [4.78, 5) is 26.9. The van der Waals surface area contributed by atoms with Crippen LogP contribution in [0.4, 0.5) is 23.4 Å². The third-order valence-corrected chi connectivity index (χ3v) is 7.48. The van der Waals surface area contributed by atoms with Crippen molar-refractivity contribution >= 4 is 22.8 Å². The van der Waals surface area contributed by atoms with Crippen LogP contribution in [0.15, 0.2) is 48.5 Å². The predicted molar refractivity (Wildman–Crippen MR) is 149 cm³/mol. The lowest BCUT2D eigenvalue weighted by molar-refractivity contribution is -0.137. The molecule has 1 aliphatic heterocycles. The van der Waals surface area contributed by atoms with Gasteiger partial charge in [-0.3, -0.25) is 4.79 Å². The van der Waals surface area contributed by atoms with E-state index in [4.69, 9.17) is 15.1 Å². The zero-order chi connectivity index (χ0) is 29.3. The molecule has 7 nitrogen and oxygen atoms in total. The second-order valence-electron chi connectivity index (χ2n) is 10.5. The van der Waals surface area contributed by atoms with Crippen LogP contribution in [0.2, 0.25) is 0 Å². The standard InChI is InChI=1S/C30H32F4N6O/c1-4-6-19(2)26-35-27(25-20(3)37-40(28(25)36-26)24-13-11-23(31)12-14-24)38-15-5-16-39(18-17-38)29(41)21-7-9-22(10-8-21)30(32,33)34/h7-14,19H,4-6,15-18H2,1-3H3. The molecule has 3 heterocycles. The zero-order valence-electron chi connectivity index (χ0n) is 23.2. The fraction of sp³-hybridized carbons (Fsp3) is 0.400. The number of aromatic nitrogens is 4. The predicted octanol–water partition coefficient (Wildman–Crippen LogP) is 6.54. The minimum atomic E-state index is -4.45. The summed E-state index contributed by atoms with van der Waals surface area (Å²) >= 11 is 0. The summed E-state index contributed by atoms with van der Waals surface area (Å²) in [6.07, 6.45) is -1.92. The van der Waals surface area contributed by atoms with Gasteiger partial charge in [0.15, 0.2) is 5.65 Å². The van der Waals surface area contributed by atoms with Crippen LogP contribution in [0, 0.1) is 12.7 Å². The summed E-state index contributed by atoms with van der Waals surface area (Å²) in [5, 5.41) is 5.54. The highest BCUT2D eigenvalue weighted by Crippen LogP contribution is 2.33. The van der Waals surface area contributed by atoms with Gasteiger partial charge < -0.3 is 9.80 Å². The van der Waals surface area contributed by atoms with Crippen molar-refractivity contribution in [2.24, 2.45) is 0 Å². The summed E-state index contributed by atoms with van der Waals surface area (Å²) in [5.41, 5.74) is 1.50. The molecule has 1 unspecified atom stereocenters. The maximum Gasteiger partial charge on any atom is 0.416 e. The van der Waals surface area contributed by atoms with Gasteiger partial charge in [0.1, 0.15) is 17.5 Å². The molecule has 0 saturated carbocycles. The second-order valence-corrected chi connectivity index (χ2v) is 10.5. The number of anilines is 1. The number of amides is 1. The first kappa shape index (κ1) is 28.5. The molecule has 0 bridgehead atoms. The van der Waals surface area contributed by atoms with E-state index in [-0.39, 0.29) is 23.2 Å². The number of carbonyl (C=O) groups excluding carboxylic acids is 1. The van der Waals surface area contributed by atoms with Gasteiger partial charge in [0.2, 0.25) is 0 Å². The lowest BCUT2D eigenvalue weighted by atomic mass is 10.1. The Bertz CT molecular complexity index is 1530. The van der Waals surface area contributed by atoms with Gasteiger partial charge in [-0.2, -0.15) is 18.3 Å². The van der Waals surface area contributed by atoms with Crippen LogP contribution < -0.4 is 4.90 Å². The van der Waals surface area contributed by atoms with Gasteiger partial charge in [-0.25, -0.2) is 19.0 Å². The summed E-state index contributed by atoms with van der Waals surface area (Å²) in [5.74, 6) is 0.896. The fourth-order valence-corrected chi connectivity index (χ4v) is 5.27. The summed E-state index contributed by atoms with van der Waals surface area (Å²) < 4.78 is 54.3.